The van der Waals surface area contributed by atoms with E-state index < -0.39 is 0 Å². The van der Waals surface area contributed by atoms with E-state index in [0.717, 1.165) is 11.3 Å². The Labute approximate surface area is 143 Å². The lowest BCUT2D eigenvalue weighted by molar-refractivity contribution is 0.132. The Morgan fingerprint density at radius 1 is 1.13 bits per heavy atom. The van der Waals surface area contributed by atoms with Gasteiger partial charge in [0.2, 0.25) is 0 Å². The summed E-state index contributed by atoms with van der Waals surface area (Å²) in [4.78, 5) is 5.22. The Balaban J connectivity index is 1.59. The highest BCUT2D eigenvalue weighted by Crippen LogP contribution is 2.21. The average Bonchev–Trinajstić information content (AvgIpc) is 3.03. The van der Waals surface area contributed by atoms with Crippen LogP contribution in [0.1, 0.15) is 11.3 Å². The van der Waals surface area contributed by atoms with Crippen LogP contribution in [0.25, 0.3) is 5.69 Å². The number of rotatable bonds is 5. The van der Waals surface area contributed by atoms with Gasteiger partial charge in [-0.1, -0.05) is 57.8 Å². The summed E-state index contributed by atoms with van der Waals surface area (Å²) in [5.41, 5.74) is 2.32. The molecule has 3 aromatic rings. The molecule has 2 aromatic carbocycles. The number of halogens is 2. The van der Waals surface area contributed by atoms with Crippen molar-refractivity contribution < 1.29 is 4.84 Å². The van der Waals surface area contributed by atoms with Crippen LogP contribution >= 0.6 is 23.2 Å². The molecule has 0 aliphatic heterocycles. The number of hydrogen-bond acceptors (Lipinski definition) is 4. The molecule has 0 unspecified atom stereocenters. The molecule has 0 saturated carbocycles. The summed E-state index contributed by atoms with van der Waals surface area (Å²) in [5.74, 6) is 0. The van der Waals surface area contributed by atoms with Crippen LogP contribution in [0.2, 0.25) is 10.0 Å². The molecule has 0 N–H and O–H groups in total. The number of nitrogens with zero attached hydrogens (tertiary/aromatic N) is 4. The quantitative estimate of drug-likeness (QED) is 0.515. The average molecular weight is 347 g/mol. The molecule has 1 heterocycles. The van der Waals surface area contributed by atoms with E-state index in [9.17, 15) is 0 Å². The van der Waals surface area contributed by atoms with Crippen molar-refractivity contribution in [2.24, 2.45) is 5.16 Å². The van der Waals surface area contributed by atoms with Crippen LogP contribution in [0.3, 0.4) is 0 Å². The number of aromatic nitrogens is 3. The van der Waals surface area contributed by atoms with Crippen LogP contribution < -0.4 is 0 Å². The summed E-state index contributed by atoms with van der Waals surface area (Å²) in [6.07, 6.45) is 3.26. The standard InChI is InChI=1S/C16H12Cl2N4O/c17-13-7-6-12(16(18)8-13)11-23-19-9-14-10-22(21-20-14)15-4-2-1-3-5-15/h1-10H,11H2/b19-9-. The van der Waals surface area contributed by atoms with Gasteiger partial charge in [-0.3, -0.25) is 0 Å². The molecule has 0 fully saturated rings. The summed E-state index contributed by atoms with van der Waals surface area (Å²) in [6.45, 7) is 0.249. The van der Waals surface area contributed by atoms with Crippen molar-refractivity contribution in [3.63, 3.8) is 0 Å². The topological polar surface area (TPSA) is 52.3 Å². The van der Waals surface area contributed by atoms with E-state index in [1.54, 1.807) is 29.1 Å². The summed E-state index contributed by atoms with van der Waals surface area (Å²) < 4.78 is 1.66. The van der Waals surface area contributed by atoms with E-state index in [1.165, 1.54) is 6.21 Å². The molecule has 0 saturated heterocycles. The van der Waals surface area contributed by atoms with Crippen LogP contribution in [0.5, 0.6) is 0 Å². The van der Waals surface area contributed by atoms with Crippen LogP contribution in [0.15, 0.2) is 59.9 Å². The number of benzene rings is 2. The third-order valence-corrected chi connectivity index (χ3v) is 3.61. The maximum absolute atomic E-state index is 6.05. The highest BCUT2D eigenvalue weighted by atomic mass is 35.5. The molecule has 0 aliphatic rings. The second kappa shape index (κ2) is 7.26. The zero-order valence-electron chi connectivity index (χ0n) is 11.9. The summed E-state index contributed by atoms with van der Waals surface area (Å²) in [6, 6.07) is 14.9. The second-order valence-corrected chi connectivity index (χ2v) is 5.51. The molecular formula is C16H12Cl2N4O. The molecule has 0 bridgehead atoms. The monoisotopic (exact) mass is 346 g/mol. The molecule has 116 valence electrons. The van der Waals surface area contributed by atoms with Crippen molar-refractivity contribution in [3.05, 3.63) is 76.0 Å². The normalized spacial score (nSPS) is 11.0. The molecule has 3 rings (SSSR count). The molecular weight excluding hydrogens is 335 g/mol. The minimum Gasteiger partial charge on any atom is -0.391 e. The molecule has 5 nitrogen and oxygen atoms in total. The zero-order chi connectivity index (χ0) is 16.1. The highest BCUT2D eigenvalue weighted by Gasteiger charge is 2.02. The van der Waals surface area contributed by atoms with Crippen molar-refractivity contribution in [2.75, 3.05) is 0 Å². The third-order valence-electron chi connectivity index (χ3n) is 3.03. The first-order valence-electron chi connectivity index (χ1n) is 6.79. The van der Waals surface area contributed by atoms with Gasteiger partial charge in [0, 0.05) is 15.6 Å². The fourth-order valence-electron chi connectivity index (χ4n) is 1.88. The number of para-hydroxylation sites is 1. The van der Waals surface area contributed by atoms with Crippen molar-refractivity contribution in [2.45, 2.75) is 6.61 Å². The van der Waals surface area contributed by atoms with Gasteiger partial charge < -0.3 is 4.84 Å². The van der Waals surface area contributed by atoms with Crippen LogP contribution in [0, 0.1) is 0 Å². The van der Waals surface area contributed by atoms with Gasteiger partial charge in [-0.05, 0) is 24.3 Å². The maximum atomic E-state index is 6.05. The van der Waals surface area contributed by atoms with Gasteiger partial charge in [0.05, 0.1) is 18.1 Å². The van der Waals surface area contributed by atoms with E-state index >= 15 is 0 Å². The molecule has 0 radical (unpaired) electrons. The lowest BCUT2D eigenvalue weighted by Crippen LogP contribution is -1.93. The fourth-order valence-corrected chi connectivity index (χ4v) is 2.34. The molecule has 0 amide bonds. The van der Waals surface area contributed by atoms with Crippen molar-refractivity contribution in [1.82, 2.24) is 15.0 Å². The first kappa shape index (κ1) is 15.5. The summed E-state index contributed by atoms with van der Waals surface area (Å²) >= 11 is 11.9. The second-order valence-electron chi connectivity index (χ2n) is 4.67. The van der Waals surface area contributed by atoms with Gasteiger partial charge in [-0.25, -0.2) is 4.68 Å². The van der Waals surface area contributed by atoms with Crippen LogP contribution in [0.4, 0.5) is 0 Å². The Hall–Kier alpha value is -2.37. The lowest BCUT2D eigenvalue weighted by atomic mass is 10.2. The van der Waals surface area contributed by atoms with E-state index in [4.69, 9.17) is 28.0 Å². The van der Waals surface area contributed by atoms with Gasteiger partial charge in [0.1, 0.15) is 12.3 Å². The predicted molar refractivity (Wildman–Crippen MR) is 90.2 cm³/mol. The Bertz CT molecular complexity index is 818. The first-order chi connectivity index (χ1) is 11.2. The van der Waals surface area contributed by atoms with Gasteiger partial charge in [0.15, 0.2) is 0 Å². The fraction of sp³-hybridized carbons (Fsp3) is 0.0625. The van der Waals surface area contributed by atoms with Crippen molar-refractivity contribution >= 4 is 29.4 Å². The molecule has 0 aliphatic carbocycles. The van der Waals surface area contributed by atoms with Crippen LogP contribution in [-0.4, -0.2) is 21.2 Å². The van der Waals surface area contributed by atoms with Gasteiger partial charge >= 0.3 is 0 Å². The van der Waals surface area contributed by atoms with E-state index in [0.29, 0.717) is 15.7 Å². The molecule has 7 heteroatoms. The first-order valence-corrected chi connectivity index (χ1v) is 7.55. The van der Waals surface area contributed by atoms with Gasteiger partial charge in [0.25, 0.3) is 0 Å². The molecule has 0 spiro atoms. The largest absolute Gasteiger partial charge is 0.391 e. The van der Waals surface area contributed by atoms with Crippen molar-refractivity contribution in [1.29, 1.82) is 0 Å². The minimum absolute atomic E-state index is 0.249. The van der Waals surface area contributed by atoms with Crippen LogP contribution in [-0.2, 0) is 11.4 Å². The lowest BCUT2D eigenvalue weighted by Gasteiger charge is -2.02. The smallest absolute Gasteiger partial charge is 0.143 e. The SMILES string of the molecule is Clc1ccc(CO/N=C\c2cn(-c3ccccc3)nn2)c(Cl)c1. The van der Waals surface area contributed by atoms with Gasteiger partial charge in [-0.15, -0.1) is 5.10 Å². The maximum Gasteiger partial charge on any atom is 0.143 e. The number of hydrogen-bond donors (Lipinski definition) is 0. The molecule has 0 atom stereocenters. The van der Waals surface area contributed by atoms with E-state index in [1.807, 2.05) is 30.3 Å². The van der Waals surface area contributed by atoms with E-state index in [2.05, 4.69) is 15.5 Å². The Kier molecular flexibility index (Phi) is 4.90. The number of oxime groups is 1. The Morgan fingerprint density at radius 2 is 1.96 bits per heavy atom. The zero-order valence-corrected chi connectivity index (χ0v) is 13.4. The van der Waals surface area contributed by atoms with Gasteiger partial charge in [-0.2, -0.15) is 0 Å². The summed E-state index contributed by atoms with van der Waals surface area (Å²) in [7, 11) is 0. The third kappa shape index (κ3) is 4.09. The summed E-state index contributed by atoms with van der Waals surface area (Å²) in [5, 5.41) is 13.0. The minimum atomic E-state index is 0.249. The highest BCUT2D eigenvalue weighted by molar-refractivity contribution is 6.35. The van der Waals surface area contributed by atoms with E-state index in [-0.39, 0.29) is 6.61 Å². The molecule has 1 aromatic heterocycles. The predicted octanol–water partition coefficient (Wildman–Crippen LogP) is 4.12. The van der Waals surface area contributed by atoms with Crippen molar-refractivity contribution in [3.8, 4) is 5.69 Å². The molecule has 23 heavy (non-hydrogen) atoms. The Morgan fingerprint density at radius 3 is 2.74 bits per heavy atom.